The topological polar surface area (TPSA) is 0 Å². The molecule has 62 valence electrons. The molecule has 0 aromatic carbocycles. The van der Waals surface area contributed by atoms with Crippen molar-refractivity contribution in [3.8, 4) is 0 Å². The van der Waals surface area contributed by atoms with E-state index in [-0.39, 0.29) is 8.92 Å². The van der Waals surface area contributed by atoms with E-state index >= 15 is 0 Å². The molecule has 0 saturated carbocycles. The Labute approximate surface area is 91.9 Å². The van der Waals surface area contributed by atoms with Crippen LogP contribution in [0, 0.1) is 0 Å². The molecule has 0 aromatic rings. The standard InChI is InChI=1S/C5H6Cl4Si2/c1-3(11-5(8)9)2-10-4(6)7/h4-5H,1-2H2. The van der Waals surface area contributed by atoms with Crippen molar-refractivity contribution in [1.82, 2.24) is 0 Å². The van der Waals surface area contributed by atoms with Crippen LogP contribution in [-0.2, 0) is 0 Å². The van der Waals surface area contributed by atoms with E-state index in [1.54, 1.807) is 0 Å². The van der Waals surface area contributed by atoms with Gasteiger partial charge in [0.15, 0.2) is 0 Å². The lowest BCUT2D eigenvalue weighted by Crippen LogP contribution is -2.09. The third-order valence-corrected chi connectivity index (χ3v) is 4.46. The van der Waals surface area contributed by atoms with Crippen molar-refractivity contribution < 1.29 is 0 Å². The largest absolute Gasteiger partial charge is 0.117 e. The third-order valence-electron chi connectivity index (χ3n) is 0.783. The molecule has 0 bridgehead atoms. The van der Waals surface area contributed by atoms with Crippen LogP contribution in [-0.4, -0.2) is 28.0 Å². The molecule has 4 radical (unpaired) electrons. The summed E-state index contributed by atoms with van der Waals surface area (Å²) in [6.45, 7) is 3.80. The molecular weight excluding hydrogens is 258 g/mol. The highest BCUT2D eigenvalue weighted by atomic mass is 35.5. The number of rotatable bonds is 5. The van der Waals surface area contributed by atoms with E-state index in [0.717, 1.165) is 11.2 Å². The van der Waals surface area contributed by atoms with Crippen LogP contribution in [0.15, 0.2) is 11.8 Å². The lowest BCUT2D eigenvalue weighted by atomic mass is 10.7. The summed E-state index contributed by atoms with van der Waals surface area (Å²) in [6.07, 6.45) is 0. The average Bonchev–Trinajstić information content (AvgIpc) is 1.82. The first-order chi connectivity index (χ1) is 5.02. The number of allylic oxidation sites excluding steroid dienone is 1. The van der Waals surface area contributed by atoms with Gasteiger partial charge in [0, 0.05) is 0 Å². The van der Waals surface area contributed by atoms with Gasteiger partial charge in [0.05, 0.1) is 18.4 Å². The van der Waals surface area contributed by atoms with Gasteiger partial charge in [-0.2, -0.15) is 0 Å². The monoisotopic (exact) mass is 262 g/mol. The molecule has 0 aliphatic heterocycles. The molecule has 0 fully saturated rings. The number of hydrogen-bond acceptors (Lipinski definition) is 0. The molecule has 0 unspecified atom stereocenters. The molecule has 0 spiro atoms. The highest BCUT2D eigenvalue weighted by Gasteiger charge is 2.07. The Morgan fingerprint density at radius 3 is 2.09 bits per heavy atom. The van der Waals surface area contributed by atoms with Crippen LogP contribution in [0.5, 0.6) is 0 Å². The Hall–Kier alpha value is 1.33. The third kappa shape index (κ3) is 9.25. The molecule has 0 rings (SSSR count). The van der Waals surface area contributed by atoms with Gasteiger partial charge in [-0.25, -0.2) is 0 Å². The summed E-state index contributed by atoms with van der Waals surface area (Å²) >= 11 is 22.1. The fourth-order valence-corrected chi connectivity index (χ4v) is 3.22. The Bertz CT molecular complexity index is 126. The van der Waals surface area contributed by atoms with Crippen molar-refractivity contribution in [3.63, 3.8) is 0 Å². The number of hydrogen-bond donors (Lipinski definition) is 0. The maximum Gasteiger partial charge on any atom is 0.117 e. The molecule has 6 heteroatoms. The Balaban J connectivity index is 3.38. The first kappa shape index (κ1) is 12.3. The van der Waals surface area contributed by atoms with Crippen LogP contribution in [0.1, 0.15) is 0 Å². The first-order valence-corrected chi connectivity index (χ1v) is 6.87. The van der Waals surface area contributed by atoms with E-state index < -0.39 is 0 Å². The molecular formula is C5H6Cl4Si2. The Morgan fingerprint density at radius 2 is 1.73 bits per heavy atom. The first-order valence-electron chi connectivity index (χ1n) is 2.76. The van der Waals surface area contributed by atoms with Crippen molar-refractivity contribution in [1.29, 1.82) is 0 Å². The normalized spacial score (nSPS) is 11.1. The summed E-state index contributed by atoms with van der Waals surface area (Å²) in [5, 5.41) is 1.03. The van der Waals surface area contributed by atoms with Gasteiger partial charge < -0.3 is 0 Å². The van der Waals surface area contributed by atoms with Crippen molar-refractivity contribution in [2.45, 2.75) is 15.0 Å². The smallest absolute Gasteiger partial charge is 0.110 e. The van der Waals surface area contributed by atoms with Crippen molar-refractivity contribution in [3.05, 3.63) is 11.8 Å². The van der Waals surface area contributed by atoms with Crippen molar-refractivity contribution >= 4 is 65.4 Å². The minimum absolute atomic E-state index is 0.291. The fourth-order valence-electron chi connectivity index (χ4n) is 0.406. The predicted molar refractivity (Wildman–Crippen MR) is 56.4 cm³/mol. The zero-order valence-corrected chi connectivity index (χ0v) is 10.6. The molecule has 0 aromatic heterocycles. The quantitative estimate of drug-likeness (QED) is 0.529. The van der Waals surface area contributed by atoms with E-state index in [9.17, 15) is 0 Å². The maximum absolute atomic E-state index is 5.54. The molecule has 0 amide bonds. The van der Waals surface area contributed by atoms with Crippen LogP contribution in [0.3, 0.4) is 0 Å². The highest BCUT2D eigenvalue weighted by Crippen LogP contribution is 2.09. The number of halogens is 4. The van der Waals surface area contributed by atoms with Gasteiger partial charge >= 0.3 is 0 Å². The van der Waals surface area contributed by atoms with Crippen LogP contribution in [0.2, 0.25) is 6.04 Å². The molecule has 0 N–H and O–H groups in total. The molecule has 0 saturated heterocycles. The molecule has 0 heterocycles. The zero-order valence-electron chi connectivity index (χ0n) is 5.58. The van der Waals surface area contributed by atoms with Crippen LogP contribution in [0.4, 0.5) is 0 Å². The van der Waals surface area contributed by atoms with Crippen molar-refractivity contribution in [2.24, 2.45) is 0 Å². The summed E-state index contributed by atoms with van der Waals surface area (Å²) in [4.78, 5) is 0. The predicted octanol–water partition coefficient (Wildman–Crippen LogP) is 2.85. The summed E-state index contributed by atoms with van der Waals surface area (Å²) < 4.78 is -0.628. The zero-order chi connectivity index (χ0) is 8.85. The van der Waals surface area contributed by atoms with E-state index in [2.05, 4.69) is 6.58 Å². The van der Waals surface area contributed by atoms with Gasteiger partial charge in [0.25, 0.3) is 0 Å². The highest BCUT2D eigenvalue weighted by molar-refractivity contribution is 6.74. The van der Waals surface area contributed by atoms with E-state index in [1.807, 2.05) is 0 Å². The van der Waals surface area contributed by atoms with Gasteiger partial charge in [-0.3, -0.25) is 0 Å². The molecule has 0 nitrogen and oxygen atoms in total. The Morgan fingerprint density at radius 1 is 1.18 bits per heavy atom. The summed E-state index contributed by atoms with van der Waals surface area (Å²) in [6, 6.07) is 0.825. The molecule has 0 aliphatic carbocycles. The lowest BCUT2D eigenvalue weighted by molar-refractivity contribution is 1.57. The second kappa shape index (κ2) is 6.81. The van der Waals surface area contributed by atoms with Gasteiger partial charge in [-0.15, -0.1) is 53.0 Å². The lowest BCUT2D eigenvalue weighted by Gasteiger charge is -2.03. The molecule has 11 heavy (non-hydrogen) atoms. The molecule has 0 atom stereocenters. The summed E-state index contributed by atoms with van der Waals surface area (Å²) in [5.74, 6) is 0. The second-order valence-electron chi connectivity index (χ2n) is 1.73. The van der Waals surface area contributed by atoms with Gasteiger partial charge in [-0.05, 0) is 6.04 Å². The van der Waals surface area contributed by atoms with Gasteiger partial charge in [-0.1, -0.05) is 5.20 Å². The van der Waals surface area contributed by atoms with Gasteiger partial charge in [0.2, 0.25) is 0 Å². The Kier molecular flexibility index (Phi) is 7.63. The average molecular weight is 264 g/mol. The minimum Gasteiger partial charge on any atom is -0.110 e. The van der Waals surface area contributed by atoms with Crippen LogP contribution < -0.4 is 0 Å². The minimum atomic E-state index is -0.337. The fraction of sp³-hybridized carbons (Fsp3) is 0.600. The molecule has 0 aliphatic rings. The van der Waals surface area contributed by atoms with E-state index in [0.29, 0.717) is 19.0 Å². The van der Waals surface area contributed by atoms with E-state index in [1.165, 1.54) is 0 Å². The van der Waals surface area contributed by atoms with Crippen LogP contribution in [0.25, 0.3) is 0 Å². The summed E-state index contributed by atoms with van der Waals surface area (Å²) in [5.41, 5.74) is 0. The van der Waals surface area contributed by atoms with Crippen molar-refractivity contribution in [2.75, 3.05) is 0 Å². The second-order valence-corrected chi connectivity index (χ2v) is 8.30. The van der Waals surface area contributed by atoms with Gasteiger partial charge in [0.1, 0.15) is 9.52 Å². The SMILES string of the molecule is C=C(C[Si]C(Cl)Cl)[Si]C(Cl)Cl. The van der Waals surface area contributed by atoms with Crippen LogP contribution >= 0.6 is 46.4 Å². The number of alkyl halides is 4. The van der Waals surface area contributed by atoms with E-state index in [4.69, 9.17) is 46.4 Å². The summed E-state index contributed by atoms with van der Waals surface area (Å²) in [7, 11) is 0.878. The maximum atomic E-state index is 5.54.